The molecular weight excluding hydrogens is 292 g/mol. The van der Waals surface area contributed by atoms with Gasteiger partial charge in [0.1, 0.15) is 11.4 Å². The molecule has 0 heterocycles. The predicted molar refractivity (Wildman–Crippen MR) is 89.9 cm³/mol. The van der Waals surface area contributed by atoms with Crippen molar-refractivity contribution in [3.8, 4) is 5.75 Å². The Morgan fingerprint density at radius 3 is 2.43 bits per heavy atom. The molecule has 2 rings (SSSR count). The molecule has 0 bridgehead atoms. The van der Waals surface area contributed by atoms with Crippen molar-refractivity contribution in [2.24, 2.45) is 0 Å². The highest BCUT2D eigenvalue weighted by Crippen LogP contribution is 2.17. The second-order valence-electron chi connectivity index (χ2n) is 4.84. The first-order valence-electron chi connectivity index (χ1n) is 7.08. The molecule has 0 aliphatic rings. The number of ether oxygens (including phenoxy) is 1. The van der Waals surface area contributed by atoms with E-state index in [4.69, 9.17) is 4.74 Å². The molecule has 2 aromatic carbocycles. The summed E-state index contributed by atoms with van der Waals surface area (Å²) >= 11 is 0. The molecule has 2 N–H and O–H groups in total. The Morgan fingerprint density at radius 2 is 1.78 bits per heavy atom. The highest BCUT2D eigenvalue weighted by atomic mass is 16.5. The Balaban J connectivity index is 2.22. The van der Waals surface area contributed by atoms with Crippen LogP contribution in [-0.2, 0) is 9.59 Å². The lowest BCUT2D eigenvalue weighted by Crippen LogP contribution is -2.28. The first-order valence-corrected chi connectivity index (χ1v) is 7.08. The number of carbonyl (C=O) groups excluding carboxylic acids is 2. The standard InChI is InChI=1S/C18H18N2O3/c1-13(21)19-17(11-14-7-4-3-5-8-14)18(22)20-15-9-6-10-16(12-15)23-2/h3-12H,1-2H3,(H,19,21)(H,20,22)/b17-11+. The number of carbonyl (C=O) groups is 2. The molecule has 0 saturated heterocycles. The summed E-state index contributed by atoms with van der Waals surface area (Å²) in [5.41, 5.74) is 1.57. The van der Waals surface area contributed by atoms with Crippen molar-refractivity contribution in [1.29, 1.82) is 0 Å². The Morgan fingerprint density at radius 1 is 1.04 bits per heavy atom. The lowest BCUT2D eigenvalue weighted by molar-refractivity contribution is -0.120. The molecule has 0 aromatic heterocycles. The third kappa shape index (κ3) is 5.00. The molecule has 2 aromatic rings. The van der Waals surface area contributed by atoms with Crippen molar-refractivity contribution in [1.82, 2.24) is 5.32 Å². The summed E-state index contributed by atoms with van der Waals surface area (Å²) in [5, 5.41) is 5.30. The van der Waals surface area contributed by atoms with Gasteiger partial charge in [0, 0.05) is 18.7 Å². The van der Waals surface area contributed by atoms with E-state index in [1.165, 1.54) is 6.92 Å². The van der Waals surface area contributed by atoms with E-state index in [0.717, 1.165) is 5.56 Å². The van der Waals surface area contributed by atoms with Gasteiger partial charge in [0.05, 0.1) is 7.11 Å². The number of anilines is 1. The van der Waals surface area contributed by atoms with Gasteiger partial charge in [0.25, 0.3) is 5.91 Å². The molecule has 0 radical (unpaired) electrons. The van der Waals surface area contributed by atoms with Crippen molar-refractivity contribution in [3.63, 3.8) is 0 Å². The van der Waals surface area contributed by atoms with Crippen LogP contribution in [0.3, 0.4) is 0 Å². The molecule has 2 amide bonds. The fourth-order valence-corrected chi connectivity index (χ4v) is 1.96. The molecule has 0 atom stereocenters. The zero-order valence-electron chi connectivity index (χ0n) is 13.0. The fourth-order valence-electron chi connectivity index (χ4n) is 1.96. The summed E-state index contributed by atoms with van der Waals surface area (Å²) in [7, 11) is 1.55. The first-order chi connectivity index (χ1) is 11.1. The minimum atomic E-state index is -0.405. The smallest absolute Gasteiger partial charge is 0.272 e. The van der Waals surface area contributed by atoms with Gasteiger partial charge in [-0.15, -0.1) is 0 Å². The first kappa shape index (κ1) is 16.3. The molecule has 118 valence electrons. The number of amides is 2. The van der Waals surface area contributed by atoms with Gasteiger partial charge in [0.15, 0.2) is 0 Å². The molecule has 0 aliphatic heterocycles. The predicted octanol–water partition coefficient (Wildman–Crippen LogP) is 2.81. The maximum absolute atomic E-state index is 12.4. The second kappa shape index (κ2) is 7.79. The van der Waals surface area contributed by atoms with Gasteiger partial charge in [-0.05, 0) is 23.8 Å². The summed E-state index contributed by atoms with van der Waals surface area (Å²) in [5.74, 6) is -0.0822. The van der Waals surface area contributed by atoms with Crippen LogP contribution >= 0.6 is 0 Å². The molecule has 0 unspecified atom stereocenters. The Labute approximate surface area is 135 Å². The van der Waals surface area contributed by atoms with Crippen molar-refractivity contribution in [2.45, 2.75) is 6.92 Å². The van der Waals surface area contributed by atoms with Crippen LogP contribution in [0.1, 0.15) is 12.5 Å². The van der Waals surface area contributed by atoms with Crippen molar-refractivity contribution in [2.75, 3.05) is 12.4 Å². The molecule has 0 aliphatic carbocycles. The van der Waals surface area contributed by atoms with Gasteiger partial charge in [-0.3, -0.25) is 9.59 Å². The van der Waals surface area contributed by atoms with Crippen molar-refractivity contribution >= 4 is 23.6 Å². The molecule has 5 nitrogen and oxygen atoms in total. The van der Waals surface area contributed by atoms with Gasteiger partial charge < -0.3 is 15.4 Å². The summed E-state index contributed by atoms with van der Waals surface area (Å²) < 4.78 is 5.12. The topological polar surface area (TPSA) is 67.4 Å². The molecule has 23 heavy (non-hydrogen) atoms. The lowest BCUT2D eigenvalue weighted by atomic mass is 10.2. The van der Waals surface area contributed by atoms with Crippen LogP contribution in [0.2, 0.25) is 0 Å². The van der Waals surface area contributed by atoms with E-state index in [1.807, 2.05) is 30.3 Å². The van der Waals surface area contributed by atoms with Crippen LogP contribution in [0.25, 0.3) is 6.08 Å². The van der Waals surface area contributed by atoms with E-state index >= 15 is 0 Å². The Hall–Kier alpha value is -3.08. The van der Waals surface area contributed by atoms with Gasteiger partial charge in [-0.25, -0.2) is 0 Å². The van der Waals surface area contributed by atoms with Gasteiger partial charge in [-0.1, -0.05) is 36.4 Å². The summed E-state index contributed by atoms with van der Waals surface area (Å²) in [4.78, 5) is 23.8. The minimum absolute atomic E-state index is 0.173. The van der Waals surface area contributed by atoms with E-state index in [2.05, 4.69) is 10.6 Å². The average Bonchev–Trinajstić information content (AvgIpc) is 2.55. The second-order valence-corrected chi connectivity index (χ2v) is 4.84. The molecule has 0 spiro atoms. The van der Waals surface area contributed by atoms with E-state index < -0.39 is 5.91 Å². The van der Waals surface area contributed by atoms with Crippen LogP contribution in [0.5, 0.6) is 5.75 Å². The zero-order chi connectivity index (χ0) is 16.7. The van der Waals surface area contributed by atoms with E-state index in [1.54, 1.807) is 37.5 Å². The number of benzene rings is 2. The quantitative estimate of drug-likeness (QED) is 0.835. The van der Waals surface area contributed by atoms with Crippen LogP contribution in [0.15, 0.2) is 60.3 Å². The van der Waals surface area contributed by atoms with E-state index in [9.17, 15) is 9.59 Å². The fraction of sp³-hybridized carbons (Fsp3) is 0.111. The number of hydrogen-bond donors (Lipinski definition) is 2. The van der Waals surface area contributed by atoms with Gasteiger partial charge in [-0.2, -0.15) is 0 Å². The Bertz CT molecular complexity index is 724. The maximum atomic E-state index is 12.4. The summed E-state index contributed by atoms with van der Waals surface area (Å²) in [6.45, 7) is 1.36. The van der Waals surface area contributed by atoms with Crippen LogP contribution < -0.4 is 15.4 Å². The van der Waals surface area contributed by atoms with Crippen LogP contribution in [0.4, 0.5) is 5.69 Å². The molecular formula is C18H18N2O3. The number of nitrogens with one attached hydrogen (secondary N) is 2. The molecule has 5 heteroatoms. The third-order valence-corrected chi connectivity index (χ3v) is 2.99. The van der Waals surface area contributed by atoms with Crippen molar-refractivity contribution in [3.05, 3.63) is 65.9 Å². The van der Waals surface area contributed by atoms with E-state index in [0.29, 0.717) is 11.4 Å². The lowest BCUT2D eigenvalue weighted by Gasteiger charge is -2.10. The number of rotatable bonds is 5. The molecule has 0 saturated carbocycles. The highest BCUT2D eigenvalue weighted by Gasteiger charge is 2.12. The third-order valence-electron chi connectivity index (χ3n) is 2.99. The van der Waals surface area contributed by atoms with Crippen LogP contribution in [-0.4, -0.2) is 18.9 Å². The normalized spacial score (nSPS) is 10.8. The maximum Gasteiger partial charge on any atom is 0.272 e. The van der Waals surface area contributed by atoms with Crippen molar-refractivity contribution < 1.29 is 14.3 Å². The Kier molecular flexibility index (Phi) is 5.52. The zero-order valence-corrected chi connectivity index (χ0v) is 13.0. The SMILES string of the molecule is COc1cccc(NC(=O)/C(=C\c2ccccc2)NC(C)=O)c1. The average molecular weight is 310 g/mol. The summed E-state index contributed by atoms with van der Waals surface area (Å²) in [6.07, 6.45) is 1.62. The van der Waals surface area contributed by atoms with E-state index in [-0.39, 0.29) is 11.6 Å². The van der Waals surface area contributed by atoms with Crippen LogP contribution in [0, 0.1) is 0 Å². The monoisotopic (exact) mass is 310 g/mol. The molecule has 0 fully saturated rings. The number of hydrogen-bond acceptors (Lipinski definition) is 3. The largest absolute Gasteiger partial charge is 0.497 e. The number of methoxy groups -OCH3 is 1. The highest BCUT2D eigenvalue weighted by molar-refractivity contribution is 6.08. The van der Waals surface area contributed by atoms with Gasteiger partial charge >= 0.3 is 0 Å². The summed E-state index contributed by atoms with van der Waals surface area (Å²) in [6, 6.07) is 16.3. The minimum Gasteiger partial charge on any atom is -0.497 e. The van der Waals surface area contributed by atoms with Gasteiger partial charge in [0.2, 0.25) is 5.91 Å².